The van der Waals surface area contributed by atoms with Crippen LogP contribution in [0.4, 0.5) is 10.2 Å². The third-order valence-corrected chi connectivity index (χ3v) is 7.59. The highest BCUT2D eigenvalue weighted by molar-refractivity contribution is 7.89. The van der Waals surface area contributed by atoms with E-state index in [4.69, 9.17) is 9.97 Å². The minimum Gasteiger partial charge on any atom is -0.373 e. The first-order valence-electron chi connectivity index (χ1n) is 9.90. The van der Waals surface area contributed by atoms with Crippen molar-refractivity contribution in [2.75, 3.05) is 39.0 Å². The zero-order valence-corrected chi connectivity index (χ0v) is 17.5. The van der Waals surface area contributed by atoms with Crippen LogP contribution in [0.2, 0.25) is 0 Å². The van der Waals surface area contributed by atoms with E-state index in [0.717, 1.165) is 49.4 Å². The molecule has 1 saturated heterocycles. The van der Waals surface area contributed by atoms with E-state index in [1.807, 2.05) is 7.05 Å². The van der Waals surface area contributed by atoms with E-state index in [1.165, 1.54) is 28.6 Å². The second kappa shape index (κ2) is 7.97. The van der Waals surface area contributed by atoms with Crippen molar-refractivity contribution in [2.45, 2.75) is 36.6 Å². The molecular formula is C20H26FN5O2S. The molecule has 1 fully saturated rings. The number of rotatable bonds is 4. The summed E-state index contributed by atoms with van der Waals surface area (Å²) in [6.07, 6.45) is 2.45. The molecular weight excluding hydrogens is 393 g/mol. The van der Waals surface area contributed by atoms with Crippen molar-refractivity contribution in [3.05, 3.63) is 47.2 Å². The first-order chi connectivity index (χ1) is 13.9. The first-order valence-corrected chi connectivity index (χ1v) is 11.3. The SMILES string of the molecule is CNc1nc(C2CCCN(S(=O)(=O)c3ccc(F)cc3)C2)nc2c1CN(C)CC2. The summed E-state index contributed by atoms with van der Waals surface area (Å²) in [5, 5.41) is 3.18. The van der Waals surface area contributed by atoms with Gasteiger partial charge in [-0.1, -0.05) is 0 Å². The van der Waals surface area contributed by atoms with Crippen molar-refractivity contribution in [1.29, 1.82) is 0 Å². The van der Waals surface area contributed by atoms with Gasteiger partial charge in [0.25, 0.3) is 0 Å². The number of fused-ring (bicyclic) bond motifs is 1. The molecule has 1 unspecified atom stereocenters. The molecule has 29 heavy (non-hydrogen) atoms. The van der Waals surface area contributed by atoms with Crippen LogP contribution in [0.3, 0.4) is 0 Å². The Bertz CT molecular complexity index is 979. The van der Waals surface area contributed by atoms with E-state index >= 15 is 0 Å². The Kier molecular flexibility index (Phi) is 5.54. The minimum absolute atomic E-state index is 0.0592. The first kappa shape index (κ1) is 20.2. The maximum atomic E-state index is 13.2. The van der Waals surface area contributed by atoms with Crippen LogP contribution in [0.25, 0.3) is 0 Å². The van der Waals surface area contributed by atoms with Gasteiger partial charge in [-0.2, -0.15) is 4.31 Å². The summed E-state index contributed by atoms with van der Waals surface area (Å²) in [5.41, 5.74) is 2.17. The number of anilines is 1. The van der Waals surface area contributed by atoms with Crippen molar-refractivity contribution in [3.8, 4) is 0 Å². The Morgan fingerprint density at radius 1 is 1.17 bits per heavy atom. The van der Waals surface area contributed by atoms with E-state index in [0.29, 0.717) is 18.9 Å². The number of benzene rings is 1. The van der Waals surface area contributed by atoms with Crippen LogP contribution < -0.4 is 5.32 Å². The highest BCUT2D eigenvalue weighted by Gasteiger charge is 2.33. The molecule has 1 aromatic carbocycles. The Labute approximate surface area is 171 Å². The van der Waals surface area contributed by atoms with E-state index in [9.17, 15) is 12.8 Å². The van der Waals surface area contributed by atoms with Gasteiger partial charge in [0.15, 0.2) is 0 Å². The molecule has 0 radical (unpaired) electrons. The fourth-order valence-corrected chi connectivity index (χ4v) is 5.61. The molecule has 2 aliphatic heterocycles. The van der Waals surface area contributed by atoms with Gasteiger partial charge < -0.3 is 10.2 Å². The molecule has 0 bridgehead atoms. The van der Waals surface area contributed by atoms with E-state index < -0.39 is 15.8 Å². The summed E-state index contributed by atoms with van der Waals surface area (Å²) in [6.45, 7) is 2.54. The Morgan fingerprint density at radius 3 is 2.66 bits per heavy atom. The van der Waals surface area contributed by atoms with Gasteiger partial charge in [0, 0.05) is 51.1 Å². The van der Waals surface area contributed by atoms with Gasteiger partial charge in [0.05, 0.1) is 10.6 Å². The topological polar surface area (TPSA) is 78.4 Å². The van der Waals surface area contributed by atoms with Gasteiger partial charge in [-0.25, -0.2) is 22.8 Å². The fraction of sp³-hybridized carbons (Fsp3) is 0.500. The molecule has 0 spiro atoms. The third-order valence-electron chi connectivity index (χ3n) is 5.71. The highest BCUT2D eigenvalue weighted by atomic mass is 32.2. The summed E-state index contributed by atoms with van der Waals surface area (Å²) in [4.78, 5) is 11.9. The zero-order chi connectivity index (χ0) is 20.6. The Hall–Kier alpha value is -2.10. The average Bonchev–Trinajstić information content (AvgIpc) is 2.73. The molecule has 3 heterocycles. The summed E-state index contributed by atoms with van der Waals surface area (Å²) in [6, 6.07) is 4.99. The molecule has 0 aliphatic carbocycles. The number of aromatic nitrogens is 2. The van der Waals surface area contributed by atoms with Crippen LogP contribution >= 0.6 is 0 Å². The lowest BCUT2D eigenvalue weighted by atomic mass is 9.97. The van der Waals surface area contributed by atoms with Crippen molar-refractivity contribution >= 4 is 15.8 Å². The molecule has 2 aromatic rings. The van der Waals surface area contributed by atoms with Crippen molar-refractivity contribution in [2.24, 2.45) is 0 Å². The number of hydrogen-bond acceptors (Lipinski definition) is 6. The number of halogens is 1. The highest BCUT2D eigenvalue weighted by Crippen LogP contribution is 2.31. The lowest BCUT2D eigenvalue weighted by molar-refractivity contribution is 0.300. The summed E-state index contributed by atoms with van der Waals surface area (Å²) in [7, 11) is 0.262. The summed E-state index contributed by atoms with van der Waals surface area (Å²) < 4.78 is 40.7. The molecule has 156 valence electrons. The molecule has 2 aliphatic rings. The molecule has 0 amide bonds. The molecule has 9 heteroatoms. The maximum absolute atomic E-state index is 13.2. The Morgan fingerprint density at radius 2 is 1.93 bits per heavy atom. The van der Waals surface area contributed by atoms with Gasteiger partial charge in [-0.05, 0) is 44.2 Å². The summed E-state index contributed by atoms with van der Waals surface area (Å²) >= 11 is 0. The lowest BCUT2D eigenvalue weighted by Gasteiger charge is -2.32. The predicted molar refractivity (Wildman–Crippen MR) is 109 cm³/mol. The molecule has 1 aromatic heterocycles. The van der Waals surface area contributed by atoms with Crippen molar-refractivity contribution in [3.63, 3.8) is 0 Å². The number of piperidine rings is 1. The fourth-order valence-electron chi connectivity index (χ4n) is 4.08. The predicted octanol–water partition coefficient (Wildman–Crippen LogP) is 2.21. The zero-order valence-electron chi connectivity index (χ0n) is 16.7. The number of nitrogens with one attached hydrogen (secondary N) is 1. The number of hydrogen-bond donors (Lipinski definition) is 1. The van der Waals surface area contributed by atoms with Crippen LogP contribution in [0.1, 0.15) is 35.8 Å². The number of sulfonamides is 1. The molecule has 4 rings (SSSR count). The maximum Gasteiger partial charge on any atom is 0.243 e. The van der Waals surface area contributed by atoms with Crippen LogP contribution in [0.15, 0.2) is 29.2 Å². The van der Waals surface area contributed by atoms with Crippen LogP contribution in [0, 0.1) is 5.82 Å². The second-order valence-electron chi connectivity index (χ2n) is 7.75. The molecule has 7 nitrogen and oxygen atoms in total. The minimum atomic E-state index is -3.67. The van der Waals surface area contributed by atoms with Crippen molar-refractivity contribution in [1.82, 2.24) is 19.2 Å². The third kappa shape index (κ3) is 3.99. The Balaban J connectivity index is 1.61. The molecule has 1 N–H and O–H groups in total. The normalized spacial score (nSPS) is 21.0. The van der Waals surface area contributed by atoms with E-state index in [2.05, 4.69) is 17.3 Å². The van der Waals surface area contributed by atoms with Gasteiger partial charge in [-0.3, -0.25) is 0 Å². The van der Waals surface area contributed by atoms with Gasteiger partial charge >= 0.3 is 0 Å². The standard InChI is InChI=1S/C20H26FN5O2S/c1-22-20-17-13-25(2)11-9-18(17)23-19(24-20)14-4-3-10-26(12-14)29(27,28)16-7-5-15(21)6-8-16/h5-8,14H,3-4,9-13H2,1-2H3,(H,22,23,24). The lowest BCUT2D eigenvalue weighted by Crippen LogP contribution is -2.39. The smallest absolute Gasteiger partial charge is 0.243 e. The van der Waals surface area contributed by atoms with E-state index in [1.54, 1.807) is 0 Å². The van der Waals surface area contributed by atoms with Gasteiger partial charge in [0.1, 0.15) is 17.5 Å². The van der Waals surface area contributed by atoms with Gasteiger partial charge in [-0.15, -0.1) is 0 Å². The van der Waals surface area contributed by atoms with Crippen LogP contribution in [0.5, 0.6) is 0 Å². The summed E-state index contributed by atoms with van der Waals surface area (Å²) in [5.74, 6) is 1.02. The van der Waals surface area contributed by atoms with Crippen LogP contribution in [-0.2, 0) is 23.0 Å². The molecule has 1 atom stereocenters. The quantitative estimate of drug-likeness (QED) is 0.819. The second-order valence-corrected chi connectivity index (χ2v) is 9.69. The van der Waals surface area contributed by atoms with Crippen molar-refractivity contribution < 1.29 is 12.8 Å². The van der Waals surface area contributed by atoms with Gasteiger partial charge in [0.2, 0.25) is 10.0 Å². The molecule has 0 saturated carbocycles. The largest absolute Gasteiger partial charge is 0.373 e. The number of likely N-dealkylation sites (N-methyl/N-ethyl adjacent to an activating group) is 1. The van der Waals surface area contributed by atoms with E-state index in [-0.39, 0.29) is 10.8 Å². The monoisotopic (exact) mass is 419 g/mol. The number of nitrogens with zero attached hydrogens (tertiary/aromatic N) is 4. The van der Waals surface area contributed by atoms with Crippen LogP contribution in [-0.4, -0.2) is 61.3 Å². The average molecular weight is 420 g/mol.